The van der Waals surface area contributed by atoms with Crippen LogP contribution in [0.1, 0.15) is 10.4 Å². The van der Waals surface area contributed by atoms with Crippen molar-refractivity contribution in [1.29, 1.82) is 0 Å². The number of piperazine rings is 1. The Balaban J connectivity index is 1.79. The average molecular weight is 347 g/mol. The van der Waals surface area contributed by atoms with Gasteiger partial charge in [0.05, 0.1) is 0 Å². The monoisotopic (exact) mass is 346 g/mol. The molecule has 1 amide bonds. The molecule has 0 saturated carbocycles. The highest BCUT2D eigenvalue weighted by Crippen LogP contribution is 2.20. The minimum Gasteiger partial charge on any atom is -0.336 e. The van der Waals surface area contributed by atoms with Crippen LogP contribution in [0.3, 0.4) is 0 Å². The van der Waals surface area contributed by atoms with Gasteiger partial charge < -0.3 is 4.90 Å². The molecule has 0 aromatic heterocycles. The summed E-state index contributed by atoms with van der Waals surface area (Å²) in [5, 5.41) is 3.17. The SMILES string of the molecule is O=C(c1cccc2ccccc12)N1CCN(CCBr)CC1. The van der Waals surface area contributed by atoms with Crippen molar-refractivity contribution in [3.8, 4) is 0 Å². The fourth-order valence-electron chi connectivity index (χ4n) is 2.88. The van der Waals surface area contributed by atoms with E-state index in [1.54, 1.807) is 0 Å². The molecule has 1 saturated heterocycles. The van der Waals surface area contributed by atoms with Gasteiger partial charge in [0, 0.05) is 43.6 Å². The zero-order chi connectivity index (χ0) is 14.7. The molecule has 0 N–H and O–H groups in total. The van der Waals surface area contributed by atoms with Crippen molar-refractivity contribution >= 4 is 32.6 Å². The Hall–Kier alpha value is -1.39. The summed E-state index contributed by atoms with van der Waals surface area (Å²) in [6, 6.07) is 14.1. The van der Waals surface area contributed by atoms with Gasteiger partial charge in [-0.15, -0.1) is 0 Å². The molecule has 0 bridgehead atoms. The lowest BCUT2D eigenvalue weighted by Gasteiger charge is -2.34. The number of benzene rings is 2. The third-order valence-corrected chi connectivity index (χ3v) is 4.43. The molecule has 2 aromatic rings. The first-order valence-electron chi connectivity index (χ1n) is 7.35. The molecule has 1 aliphatic rings. The first-order chi connectivity index (χ1) is 10.3. The zero-order valence-electron chi connectivity index (χ0n) is 12.0. The topological polar surface area (TPSA) is 23.6 Å². The molecule has 1 heterocycles. The number of alkyl halides is 1. The smallest absolute Gasteiger partial charge is 0.254 e. The van der Waals surface area contributed by atoms with Crippen molar-refractivity contribution in [2.24, 2.45) is 0 Å². The van der Waals surface area contributed by atoms with Gasteiger partial charge in [-0.2, -0.15) is 0 Å². The number of hydrogen-bond acceptors (Lipinski definition) is 2. The number of carbonyl (C=O) groups excluding carboxylic acids is 1. The second-order valence-electron chi connectivity index (χ2n) is 5.35. The molecule has 110 valence electrons. The van der Waals surface area contributed by atoms with Crippen LogP contribution in [-0.2, 0) is 0 Å². The van der Waals surface area contributed by atoms with Gasteiger partial charge in [0.15, 0.2) is 0 Å². The summed E-state index contributed by atoms with van der Waals surface area (Å²) in [5.41, 5.74) is 0.821. The van der Waals surface area contributed by atoms with E-state index < -0.39 is 0 Å². The highest BCUT2D eigenvalue weighted by atomic mass is 79.9. The Morgan fingerprint density at radius 3 is 2.48 bits per heavy atom. The Morgan fingerprint density at radius 1 is 1.00 bits per heavy atom. The van der Waals surface area contributed by atoms with Gasteiger partial charge in [0.25, 0.3) is 5.91 Å². The molecule has 3 rings (SSSR count). The van der Waals surface area contributed by atoms with Crippen LogP contribution in [0.25, 0.3) is 10.8 Å². The molecular weight excluding hydrogens is 328 g/mol. The van der Waals surface area contributed by atoms with Gasteiger partial charge in [0.1, 0.15) is 0 Å². The van der Waals surface area contributed by atoms with Crippen LogP contribution < -0.4 is 0 Å². The van der Waals surface area contributed by atoms with Gasteiger partial charge in [0.2, 0.25) is 0 Å². The predicted molar refractivity (Wildman–Crippen MR) is 90.1 cm³/mol. The average Bonchev–Trinajstić information content (AvgIpc) is 2.55. The Bertz CT molecular complexity index is 630. The number of halogens is 1. The Kier molecular flexibility index (Phi) is 4.56. The Morgan fingerprint density at radius 2 is 1.71 bits per heavy atom. The number of hydrogen-bond donors (Lipinski definition) is 0. The highest BCUT2D eigenvalue weighted by Gasteiger charge is 2.22. The third-order valence-electron chi connectivity index (χ3n) is 4.08. The van der Waals surface area contributed by atoms with Crippen molar-refractivity contribution in [2.75, 3.05) is 38.1 Å². The largest absolute Gasteiger partial charge is 0.336 e. The molecule has 0 atom stereocenters. The molecule has 4 heteroatoms. The van der Waals surface area contributed by atoms with Crippen LogP contribution in [0, 0.1) is 0 Å². The minimum atomic E-state index is 0.158. The second kappa shape index (κ2) is 6.58. The summed E-state index contributed by atoms with van der Waals surface area (Å²) in [7, 11) is 0. The van der Waals surface area contributed by atoms with Crippen LogP contribution in [0.5, 0.6) is 0 Å². The summed E-state index contributed by atoms with van der Waals surface area (Å²) < 4.78 is 0. The number of amides is 1. The second-order valence-corrected chi connectivity index (χ2v) is 6.14. The van der Waals surface area contributed by atoms with Crippen molar-refractivity contribution in [2.45, 2.75) is 0 Å². The molecule has 21 heavy (non-hydrogen) atoms. The lowest BCUT2D eigenvalue weighted by Crippen LogP contribution is -2.49. The predicted octanol–water partition coefficient (Wildman–Crippen LogP) is 2.99. The van der Waals surface area contributed by atoms with E-state index in [9.17, 15) is 4.79 Å². The van der Waals surface area contributed by atoms with E-state index in [1.165, 1.54) is 0 Å². The van der Waals surface area contributed by atoms with Crippen LogP contribution >= 0.6 is 15.9 Å². The van der Waals surface area contributed by atoms with Crippen LogP contribution in [0.15, 0.2) is 42.5 Å². The van der Waals surface area contributed by atoms with Gasteiger partial charge in [-0.1, -0.05) is 52.3 Å². The van der Waals surface area contributed by atoms with E-state index in [-0.39, 0.29) is 5.91 Å². The molecule has 0 unspecified atom stereocenters. The molecular formula is C17H19BrN2O. The summed E-state index contributed by atoms with van der Waals surface area (Å²) in [4.78, 5) is 17.1. The number of nitrogens with zero attached hydrogens (tertiary/aromatic N) is 2. The van der Waals surface area contributed by atoms with Crippen molar-refractivity contribution < 1.29 is 4.79 Å². The zero-order valence-corrected chi connectivity index (χ0v) is 13.6. The lowest BCUT2D eigenvalue weighted by atomic mass is 10.0. The number of carbonyl (C=O) groups is 1. The van der Waals surface area contributed by atoms with E-state index in [4.69, 9.17) is 0 Å². The molecule has 0 spiro atoms. The maximum atomic E-state index is 12.8. The third kappa shape index (κ3) is 3.11. The molecule has 2 aromatic carbocycles. The maximum Gasteiger partial charge on any atom is 0.254 e. The van der Waals surface area contributed by atoms with E-state index in [0.29, 0.717) is 0 Å². The van der Waals surface area contributed by atoms with E-state index in [2.05, 4.69) is 33.0 Å². The molecule has 1 fully saturated rings. The molecule has 0 radical (unpaired) electrons. The fraction of sp³-hybridized carbons (Fsp3) is 0.353. The summed E-state index contributed by atoms with van der Waals surface area (Å²) >= 11 is 3.47. The van der Waals surface area contributed by atoms with Crippen molar-refractivity contribution in [3.05, 3.63) is 48.0 Å². The first-order valence-corrected chi connectivity index (χ1v) is 8.47. The molecule has 3 nitrogen and oxygen atoms in total. The minimum absolute atomic E-state index is 0.158. The van der Waals surface area contributed by atoms with Crippen molar-refractivity contribution in [3.63, 3.8) is 0 Å². The van der Waals surface area contributed by atoms with Crippen molar-refractivity contribution in [1.82, 2.24) is 9.80 Å². The normalized spacial score (nSPS) is 16.3. The van der Waals surface area contributed by atoms with Crippen LogP contribution in [-0.4, -0.2) is 53.8 Å². The maximum absolute atomic E-state index is 12.8. The Labute approximate surface area is 133 Å². The van der Waals surface area contributed by atoms with Gasteiger partial charge in [-0.05, 0) is 16.8 Å². The first kappa shape index (κ1) is 14.5. The standard InChI is InChI=1S/C17H19BrN2O/c18-8-9-19-10-12-20(13-11-19)17(21)16-7-3-5-14-4-1-2-6-15(14)16/h1-7H,8-13H2. The van der Waals surface area contributed by atoms with E-state index >= 15 is 0 Å². The van der Waals surface area contributed by atoms with E-state index in [1.807, 2.05) is 35.2 Å². The quantitative estimate of drug-likeness (QED) is 0.797. The van der Waals surface area contributed by atoms with Gasteiger partial charge in [-0.3, -0.25) is 9.69 Å². The van der Waals surface area contributed by atoms with Crippen LogP contribution in [0.2, 0.25) is 0 Å². The van der Waals surface area contributed by atoms with Gasteiger partial charge in [-0.25, -0.2) is 0 Å². The highest BCUT2D eigenvalue weighted by molar-refractivity contribution is 9.09. The molecule has 0 aliphatic carbocycles. The fourth-order valence-corrected chi connectivity index (χ4v) is 3.38. The lowest BCUT2D eigenvalue weighted by molar-refractivity contribution is 0.0647. The van der Waals surface area contributed by atoms with Gasteiger partial charge >= 0.3 is 0 Å². The molecule has 1 aliphatic heterocycles. The number of rotatable bonds is 3. The summed E-state index contributed by atoms with van der Waals surface area (Å²) in [6.45, 7) is 4.60. The van der Waals surface area contributed by atoms with E-state index in [0.717, 1.165) is 54.4 Å². The number of fused-ring (bicyclic) bond motifs is 1. The summed E-state index contributed by atoms with van der Waals surface area (Å²) in [6.07, 6.45) is 0. The summed E-state index contributed by atoms with van der Waals surface area (Å²) in [5.74, 6) is 0.158. The van der Waals surface area contributed by atoms with Crippen LogP contribution in [0.4, 0.5) is 0 Å².